The molecule has 1 N–H and O–H groups in total. The summed E-state index contributed by atoms with van der Waals surface area (Å²) in [7, 11) is 3.38. The molecule has 1 saturated carbocycles. The average molecular weight is 268 g/mol. The maximum Gasteiger partial charge on any atom is 0.326 e. The van der Waals surface area contributed by atoms with Crippen LogP contribution in [-0.4, -0.2) is 49.7 Å². The Bertz CT molecular complexity index is 313. The molecular weight excluding hydrogens is 240 g/mol. The van der Waals surface area contributed by atoms with Gasteiger partial charge in [0, 0.05) is 6.04 Å². The van der Waals surface area contributed by atoms with Crippen LogP contribution in [-0.2, 0) is 9.53 Å². The molecule has 0 spiro atoms. The zero-order chi connectivity index (χ0) is 13.9. The van der Waals surface area contributed by atoms with Crippen molar-refractivity contribution < 1.29 is 9.53 Å². The van der Waals surface area contributed by atoms with Crippen molar-refractivity contribution in [2.24, 2.45) is 5.92 Å². The first-order valence-electron chi connectivity index (χ1n) is 7.62. The quantitative estimate of drug-likeness (QED) is 0.792. The second-order valence-corrected chi connectivity index (χ2v) is 6.29. The summed E-state index contributed by atoms with van der Waals surface area (Å²) < 4.78 is 5.02. The summed E-state index contributed by atoms with van der Waals surface area (Å²) in [6.07, 6.45) is 6.70. The monoisotopic (exact) mass is 268 g/mol. The summed E-state index contributed by atoms with van der Waals surface area (Å²) >= 11 is 0. The highest BCUT2D eigenvalue weighted by Crippen LogP contribution is 2.33. The van der Waals surface area contributed by atoms with Gasteiger partial charge in [0.1, 0.15) is 5.54 Å². The third kappa shape index (κ3) is 3.11. The number of likely N-dealkylation sites (N-methyl/N-ethyl adjacent to an activating group) is 1. The molecule has 2 aliphatic rings. The molecule has 4 nitrogen and oxygen atoms in total. The molecule has 2 fully saturated rings. The number of esters is 1. The largest absolute Gasteiger partial charge is 0.468 e. The molecule has 1 saturated heterocycles. The lowest BCUT2D eigenvalue weighted by Gasteiger charge is -2.44. The van der Waals surface area contributed by atoms with Crippen LogP contribution in [0.5, 0.6) is 0 Å². The first-order chi connectivity index (χ1) is 9.11. The number of hydrogen-bond donors (Lipinski definition) is 1. The fourth-order valence-electron chi connectivity index (χ4n) is 3.66. The number of hydrogen-bond acceptors (Lipinski definition) is 4. The summed E-state index contributed by atoms with van der Waals surface area (Å²) in [4.78, 5) is 14.7. The van der Waals surface area contributed by atoms with Crippen LogP contribution in [0.15, 0.2) is 0 Å². The van der Waals surface area contributed by atoms with E-state index in [0.717, 1.165) is 25.2 Å². The lowest BCUT2D eigenvalue weighted by Crippen LogP contribution is -2.58. The molecule has 4 heteroatoms. The van der Waals surface area contributed by atoms with E-state index >= 15 is 0 Å². The van der Waals surface area contributed by atoms with E-state index in [1.807, 2.05) is 7.05 Å². The molecular formula is C15H28N2O2. The van der Waals surface area contributed by atoms with Crippen molar-refractivity contribution in [2.45, 2.75) is 57.0 Å². The van der Waals surface area contributed by atoms with E-state index in [2.05, 4.69) is 17.1 Å². The Morgan fingerprint density at radius 3 is 2.58 bits per heavy atom. The zero-order valence-corrected chi connectivity index (χ0v) is 12.6. The first-order valence-corrected chi connectivity index (χ1v) is 7.62. The number of methoxy groups -OCH3 is 1. The maximum atomic E-state index is 12.1. The minimum absolute atomic E-state index is 0.0925. The zero-order valence-electron chi connectivity index (χ0n) is 12.6. The topological polar surface area (TPSA) is 41.6 Å². The first kappa shape index (κ1) is 14.8. The molecule has 2 rings (SSSR count). The number of piperidine rings is 1. The molecule has 0 aromatic carbocycles. The SMILES string of the molecule is CNC1(C(=O)OC)CCCC(N2CCC(C)CC2)C1. The second-order valence-electron chi connectivity index (χ2n) is 6.29. The van der Waals surface area contributed by atoms with Gasteiger partial charge < -0.3 is 15.0 Å². The van der Waals surface area contributed by atoms with E-state index in [-0.39, 0.29) is 5.97 Å². The highest BCUT2D eigenvalue weighted by molar-refractivity contribution is 5.81. The number of rotatable bonds is 3. The summed E-state index contributed by atoms with van der Waals surface area (Å²) in [5.41, 5.74) is -0.458. The van der Waals surface area contributed by atoms with Gasteiger partial charge in [-0.15, -0.1) is 0 Å². The Balaban J connectivity index is 2.01. The predicted molar refractivity (Wildman–Crippen MR) is 76.0 cm³/mol. The van der Waals surface area contributed by atoms with Crippen molar-refractivity contribution in [3.8, 4) is 0 Å². The maximum absolute atomic E-state index is 12.1. The number of ether oxygens (including phenoxy) is 1. The Kier molecular flexibility index (Phi) is 4.85. The van der Waals surface area contributed by atoms with Crippen molar-refractivity contribution >= 4 is 5.97 Å². The van der Waals surface area contributed by atoms with E-state index < -0.39 is 5.54 Å². The van der Waals surface area contributed by atoms with Crippen LogP contribution in [0.4, 0.5) is 0 Å². The number of nitrogens with zero attached hydrogens (tertiary/aromatic N) is 1. The average Bonchev–Trinajstić information content (AvgIpc) is 2.47. The predicted octanol–water partition coefficient (Wildman–Crippen LogP) is 1.79. The van der Waals surface area contributed by atoms with Gasteiger partial charge in [-0.1, -0.05) is 6.92 Å². The van der Waals surface area contributed by atoms with Gasteiger partial charge in [0.2, 0.25) is 0 Å². The van der Waals surface area contributed by atoms with Gasteiger partial charge in [-0.05, 0) is 64.6 Å². The number of nitrogens with one attached hydrogen (secondary N) is 1. The van der Waals surface area contributed by atoms with Gasteiger partial charge in [-0.3, -0.25) is 4.79 Å². The molecule has 1 heterocycles. The van der Waals surface area contributed by atoms with Crippen LogP contribution in [0.25, 0.3) is 0 Å². The van der Waals surface area contributed by atoms with Crippen LogP contribution < -0.4 is 5.32 Å². The number of likely N-dealkylation sites (tertiary alicyclic amines) is 1. The smallest absolute Gasteiger partial charge is 0.326 e. The van der Waals surface area contributed by atoms with Crippen molar-refractivity contribution in [1.29, 1.82) is 0 Å². The van der Waals surface area contributed by atoms with E-state index in [0.29, 0.717) is 6.04 Å². The van der Waals surface area contributed by atoms with E-state index in [4.69, 9.17) is 4.74 Å². The van der Waals surface area contributed by atoms with Crippen molar-refractivity contribution in [3.05, 3.63) is 0 Å². The Hall–Kier alpha value is -0.610. The third-order valence-corrected chi connectivity index (χ3v) is 5.11. The number of carbonyl (C=O) groups is 1. The van der Waals surface area contributed by atoms with E-state index in [9.17, 15) is 4.79 Å². The van der Waals surface area contributed by atoms with Gasteiger partial charge >= 0.3 is 5.97 Å². The molecule has 0 aromatic heterocycles. The highest BCUT2D eigenvalue weighted by Gasteiger charge is 2.44. The van der Waals surface area contributed by atoms with E-state index in [1.165, 1.54) is 39.5 Å². The molecule has 19 heavy (non-hydrogen) atoms. The fraction of sp³-hybridized carbons (Fsp3) is 0.933. The summed E-state index contributed by atoms with van der Waals surface area (Å²) in [5, 5.41) is 3.24. The van der Waals surface area contributed by atoms with Gasteiger partial charge in [0.15, 0.2) is 0 Å². The lowest BCUT2D eigenvalue weighted by molar-refractivity contribution is -0.151. The molecule has 0 aromatic rings. The fourth-order valence-corrected chi connectivity index (χ4v) is 3.66. The van der Waals surface area contributed by atoms with Crippen LogP contribution in [0.3, 0.4) is 0 Å². The molecule has 0 amide bonds. The highest BCUT2D eigenvalue weighted by atomic mass is 16.5. The molecule has 0 bridgehead atoms. The van der Waals surface area contributed by atoms with Crippen LogP contribution >= 0.6 is 0 Å². The summed E-state index contributed by atoms with van der Waals surface area (Å²) in [6, 6.07) is 0.535. The minimum Gasteiger partial charge on any atom is -0.468 e. The summed E-state index contributed by atoms with van der Waals surface area (Å²) in [6.45, 7) is 4.71. The molecule has 1 aliphatic carbocycles. The Morgan fingerprint density at radius 1 is 1.32 bits per heavy atom. The standard InChI is InChI=1S/C15H28N2O2/c1-12-6-9-17(10-7-12)13-5-4-8-15(11-13,16-2)14(18)19-3/h12-13,16H,4-11H2,1-3H3. The molecule has 2 unspecified atom stereocenters. The van der Waals surface area contributed by atoms with E-state index in [1.54, 1.807) is 0 Å². The molecule has 110 valence electrons. The van der Waals surface area contributed by atoms with Crippen molar-refractivity contribution in [1.82, 2.24) is 10.2 Å². The van der Waals surface area contributed by atoms with Crippen LogP contribution in [0.1, 0.15) is 45.4 Å². The second kappa shape index (κ2) is 6.23. The Morgan fingerprint density at radius 2 is 2.00 bits per heavy atom. The van der Waals surface area contributed by atoms with Crippen molar-refractivity contribution in [3.63, 3.8) is 0 Å². The molecule has 2 atom stereocenters. The van der Waals surface area contributed by atoms with Gasteiger partial charge in [0.05, 0.1) is 7.11 Å². The number of carbonyl (C=O) groups excluding carboxylic acids is 1. The normalized spacial score (nSPS) is 34.2. The van der Waals surface area contributed by atoms with Crippen LogP contribution in [0, 0.1) is 5.92 Å². The third-order valence-electron chi connectivity index (χ3n) is 5.11. The van der Waals surface area contributed by atoms with Crippen LogP contribution in [0.2, 0.25) is 0 Å². The lowest BCUT2D eigenvalue weighted by atomic mass is 9.77. The van der Waals surface area contributed by atoms with Gasteiger partial charge in [0.25, 0.3) is 0 Å². The van der Waals surface area contributed by atoms with Crippen molar-refractivity contribution in [2.75, 3.05) is 27.2 Å². The molecule has 1 aliphatic heterocycles. The minimum atomic E-state index is -0.458. The van der Waals surface area contributed by atoms with Gasteiger partial charge in [-0.25, -0.2) is 0 Å². The Labute approximate surface area is 116 Å². The molecule has 0 radical (unpaired) electrons. The summed E-state index contributed by atoms with van der Waals surface area (Å²) in [5.74, 6) is 0.764. The van der Waals surface area contributed by atoms with Gasteiger partial charge in [-0.2, -0.15) is 0 Å².